The molecule has 1 aliphatic heterocycles. The minimum absolute atomic E-state index is 0.0575. The first-order chi connectivity index (χ1) is 10.5. The van der Waals surface area contributed by atoms with Gasteiger partial charge in [-0.25, -0.2) is 13.1 Å². The van der Waals surface area contributed by atoms with E-state index < -0.39 is 10.0 Å². The molecule has 3 rings (SSSR count). The maximum Gasteiger partial charge on any atom is 0.268 e. The molecule has 0 unspecified atom stereocenters. The van der Waals surface area contributed by atoms with Gasteiger partial charge in [0.25, 0.3) is 10.0 Å². The van der Waals surface area contributed by atoms with Crippen LogP contribution in [0.15, 0.2) is 29.6 Å². The molecular formula is C14H18N4O3S. The van der Waals surface area contributed by atoms with E-state index in [2.05, 4.69) is 14.8 Å². The van der Waals surface area contributed by atoms with Crippen molar-refractivity contribution in [2.75, 3.05) is 11.3 Å². The molecule has 0 amide bonds. The molecule has 118 valence electrons. The first kappa shape index (κ1) is 14.8. The number of hydrogen-bond donors (Lipinski definition) is 1. The van der Waals surface area contributed by atoms with Gasteiger partial charge in [0.1, 0.15) is 0 Å². The number of anilines is 1. The van der Waals surface area contributed by atoms with Gasteiger partial charge in [-0.05, 0) is 17.5 Å². The molecule has 1 aliphatic rings. The Balaban J connectivity index is 1.91. The molecule has 8 heteroatoms. The van der Waals surface area contributed by atoms with Crippen LogP contribution < -0.4 is 9.46 Å². The highest BCUT2D eigenvalue weighted by molar-refractivity contribution is 7.92. The van der Waals surface area contributed by atoms with Crippen LogP contribution in [-0.2, 0) is 16.6 Å². The molecule has 2 aromatic heterocycles. The second kappa shape index (κ2) is 5.60. The molecule has 0 bridgehead atoms. The number of pyridine rings is 1. The van der Waals surface area contributed by atoms with Gasteiger partial charge < -0.3 is 4.74 Å². The highest BCUT2D eigenvalue weighted by Gasteiger charge is 2.26. The summed E-state index contributed by atoms with van der Waals surface area (Å²) in [6.07, 6.45) is 5.36. The highest BCUT2D eigenvalue weighted by atomic mass is 32.2. The van der Waals surface area contributed by atoms with Gasteiger partial charge in [-0.2, -0.15) is 5.10 Å². The normalized spacial score (nSPS) is 14.5. The van der Waals surface area contributed by atoms with Gasteiger partial charge in [0.05, 0.1) is 24.7 Å². The number of fused-ring (bicyclic) bond motifs is 1. The summed E-state index contributed by atoms with van der Waals surface area (Å²) in [6.45, 7) is 5.21. The summed E-state index contributed by atoms with van der Waals surface area (Å²) in [4.78, 5) is 4.14. The average Bonchev–Trinajstić information content (AvgIpc) is 2.91. The number of nitrogens with zero attached hydrogens (tertiary/aromatic N) is 3. The lowest BCUT2D eigenvalue weighted by Crippen LogP contribution is -2.18. The molecule has 0 spiro atoms. The molecule has 0 radical (unpaired) electrons. The Kier molecular flexibility index (Phi) is 3.78. The second-order valence-corrected chi connectivity index (χ2v) is 7.16. The Morgan fingerprint density at radius 3 is 2.91 bits per heavy atom. The smallest absolute Gasteiger partial charge is 0.268 e. The number of hydrogen-bond acceptors (Lipinski definition) is 5. The predicted octanol–water partition coefficient (Wildman–Crippen LogP) is 1.98. The van der Waals surface area contributed by atoms with E-state index in [1.807, 2.05) is 13.8 Å². The first-order valence-corrected chi connectivity index (χ1v) is 8.62. The average molecular weight is 322 g/mol. The summed E-state index contributed by atoms with van der Waals surface area (Å²) in [5, 5.41) is 4.07. The molecule has 3 heterocycles. The fourth-order valence-corrected chi connectivity index (χ4v) is 3.38. The van der Waals surface area contributed by atoms with Crippen molar-refractivity contribution in [1.29, 1.82) is 0 Å². The minimum atomic E-state index is -3.75. The molecule has 2 aromatic rings. The number of aromatic nitrogens is 3. The molecule has 0 atom stereocenters. The Bertz CT molecular complexity index is 783. The van der Waals surface area contributed by atoms with Crippen LogP contribution in [-0.4, -0.2) is 29.8 Å². The fourth-order valence-electron chi connectivity index (χ4n) is 2.27. The second-order valence-electron chi connectivity index (χ2n) is 5.51. The Morgan fingerprint density at radius 2 is 2.14 bits per heavy atom. The molecule has 22 heavy (non-hydrogen) atoms. The van der Waals surface area contributed by atoms with Crippen molar-refractivity contribution in [3.63, 3.8) is 0 Å². The van der Waals surface area contributed by atoms with E-state index >= 15 is 0 Å². The third-order valence-electron chi connectivity index (χ3n) is 3.48. The topological polar surface area (TPSA) is 86.1 Å². The van der Waals surface area contributed by atoms with E-state index in [0.29, 0.717) is 24.7 Å². The summed E-state index contributed by atoms with van der Waals surface area (Å²) in [7, 11) is -3.75. The third-order valence-corrected chi connectivity index (χ3v) is 4.84. The molecular weight excluding hydrogens is 304 g/mol. The van der Waals surface area contributed by atoms with Gasteiger partial charge in [-0.3, -0.25) is 9.71 Å². The zero-order valence-electron chi connectivity index (χ0n) is 12.5. The number of nitrogens with one attached hydrogen (secondary N) is 1. The molecule has 0 saturated carbocycles. The first-order valence-electron chi connectivity index (χ1n) is 7.14. The number of sulfonamides is 1. The van der Waals surface area contributed by atoms with Crippen molar-refractivity contribution in [1.82, 2.24) is 14.8 Å². The molecule has 0 fully saturated rings. The van der Waals surface area contributed by atoms with E-state index in [9.17, 15) is 8.42 Å². The molecule has 1 N–H and O–H groups in total. The predicted molar refractivity (Wildman–Crippen MR) is 81.5 cm³/mol. The SMILES string of the molecule is CC(C)c1cncc(NS(=O)(=O)c2cnn3c2OCCC3)c1. The van der Waals surface area contributed by atoms with Gasteiger partial charge in [-0.15, -0.1) is 0 Å². The third kappa shape index (κ3) is 2.78. The minimum Gasteiger partial charge on any atom is -0.477 e. The lowest BCUT2D eigenvalue weighted by atomic mass is 10.1. The van der Waals surface area contributed by atoms with Crippen LogP contribution in [0.4, 0.5) is 5.69 Å². The Morgan fingerprint density at radius 1 is 1.32 bits per heavy atom. The largest absolute Gasteiger partial charge is 0.477 e. The van der Waals surface area contributed by atoms with Crippen molar-refractivity contribution >= 4 is 15.7 Å². The van der Waals surface area contributed by atoms with Gasteiger partial charge in [0.15, 0.2) is 4.90 Å². The van der Waals surface area contributed by atoms with Crippen molar-refractivity contribution in [3.8, 4) is 5.88 Å². The van der Waals surface area contributed by atoms with Crippen LogP contribution in [0.1, 0.15) is 31.7 Å². The summed E-state index contributed by atoms with van der Waals surface area (Å²) < 4.78 is 34.6. The lowest BCUT2D eigenvalue weighted by molar-refractivity contribution is 0.224. The lowest BCUT2D eigenvalue weighted by Gasteiger charge is -2.16. The quantitative estimate of drug-likeness (QED) is 0.930. The van der Waals surface area contributed by atoms with E-state index in [0.717, 1.165) is 12.0 Å². The summed E-state index contributed by atoms with van der Waals surface area (Å²) in [5.74, 6) is 0.566. The standard InChI is InChI=1S/C14H18N4O3S/c1-10(2)11-6-12(8-15-7-11)17-22(19,20)13-9-16-18-4-3-5-21-14(13)18/h6-10,17H,3-5H2,1-2H3. The molecule has 7 nitrogen and oxygen atoms in total. The van der Waals surface area contributed by atoms with E-state index in [4.69, 9.17) is 4.74 Å². The summed E-state index contributed by atoms with van der Waals surface area (Å²) >= 11 is 0. The summed E-state index contributed by atoms with van der Waals surface area (Å²) in [5.41, 5.74) is 1.40. The molecule has 0 saturated heterocycles. The van der Waals surface area contributed by atoms with Crippen molar-refractivity contribution in [3.05, 3.63) is 30.2 Å². The zero-order chi connectivity index (χ0) is 15.7. The van der Waals surface area contributed by atoms with E-state index in [1.165, 1.54) is 12.4 Å². The number of aryl methyl sites for hydroxylation is 1. The van der Waals surface area contributed by atoms with Crippen LogP contribution >= 0.6 is 0 Å². The van der Waals surface area contributed by atoms with Crippen molar-refractivity contribution < 1.29 is 13.2 Å². The zero-order valence-corrected chi connectivity index (χ0v) is 13.3. The molecule has 0 aromatic carbocycles. The highest BCUT2D eigenvalue weighted by Crippen LogP contribution is 2.28. The van der Waals surface area contributed by atoms with Gasteiger partial charge in [0.2, 0.25) is 5.88 Å². The van der Waals surface area contributed by atoms with Crippen LogP contribution in [0, 0.1) is 0 Å². The molecule has 0 aliphatic carbocycles. The number of ether oxygens (including phenoxy) is 1. The Labute approximate surface area is 129 Å². The van der Waals surface area contributed by atoms with Crippen LogP contribution in [0.5, 0.6) is 5.88 Å². The van der Waals surface area contributed by atoms with Gasteiger partial charge in [-0.1, -0.05) is 13.8 Å². The van der Waals surface area contributed by atoms with E-state index in [-0.39, 0.29) is 10.8 Å². The van der Waals surface area contributed by atoms with Gasteiger partial charge >= 0.3 is 0 Å². The van der Waals surface area contributed by atoms with Crippen molar-refractivity contribution in [2.45, 2.75) is 37.6 Å². The number of rotatable bonds is 4. The van der Waals surface area contributed by atoms with Crippen LogP contribution in [0.2, 0.25) is 0 Å². The fraction of sp³-hybridized carbons (Fsp3) is 0.429. The maximum atomic E-state index is 12.5. The monoisotopic (exact) mass is 322 g/mol. The van der Waals surface area contributed by atoms with E-state index in [1.54, 1.807) is 16.9 Å². The van der Waals surface area contributed by atoms with Crippen LogP contribution in [0.3, 0.4) is 0 Å². The Hall–Kier alpha value is -2.09. The van der Waals surface area contributed by atoms with Crippen LogP contribution in [0.25, 0.3) is 0 Å². The maximum absolute atomic E-state index is 12.5. The summed E-state index contributed by atoms with van der Waals surface area (Å²) in [6, 6.07) is 1.78. The van der Waals surface area contributed by atoms with Crippen molar-refractivity contribution in [2.24, 2.45) is 0 Å². The van der Waals surface area contributed by atoms with Gasteiger partial charge in [0, 0.05) is 19.2 Å².